The maximum Gasteiger partial charge on any atom is 0.298 e. The smallest absolute Gasteiger partial charge is 0.298 e. The zero-order valence-corrected chi connectivity index (χ0v) is 18.9. The Morgan fingerprint density at radius 1 is 0.969 bits per heavy atom. The predicted octanol–water partition coefficient (Wildman–Crippen LogP) is 6.54. The lowest BCUT2D eigenvalue weighted by atomic mass is 10.2. The predicted molar refractivity (Wildman–Crippen MR) is 130 cm³/mol. The monoisotopic (exact) mass is 459 g/mol. The molecule has 0 atom stereocenters. The molecule has 0 bridgehead atoms. The lowest BCUT2D eigenvalue weighted by molar-refractivity contribution is -0.113. The van der Waals surface area contributed by atoms with Gasteiger partial charge in [0.05, 0.1) is 16.1 Å². The van der Waals surface area contributed by atoms with Crippen LogP contribution in [0.3, 0.4) is 0 Å². The summed E-state index contributed by atoms with van der Waals surface area (Å²) in [6, 6.07) is 18.8. The van der Waals surface area contributed by atoms with Crippen molar-refractivity contribution in [3.05, 3.63) is 93.7 Å². The van der Waals surface area contributed by atoms with E-state index in [0.717, 1.165) is 45.3 Å². The molecule has 2 aromatic carbocycles. The maximum atomic E-state index is 13.0. The molecule has 0 aliphatic carbocycles. The van der Waals surface area contributed by atoms with E-state index < -0.39 is 0 Å². The summed E-state index contributed by atoms with van der Waals surface area (Å²) in [5, 5.41) is 1.29. The molecule has 4 aromatic rings. The van der Waals surface area contributed by atoms with E-state index in [4.69, 9.17) is 11.6 Å². The molecule has 0 saturated carbocycles. The average molecular weight is 460 g/mol. The molecule has 1 aliphatic rings. The van der Waals surface area contributed by atoms with Crippen molar-refractivity contribution < 1.29 is 9.59 Å². The van der Waals surface area contributed by atoms with Crippen LogP contribution in [0.25, 0.3) is 22.7 Å². The fourth-order valence-corrected chi connectivity index (χ4v) is 4.91. The number of pyridine rings is 1. The molecule has 3 heterocycles. The van der Waals surface area contributed by atoms with Crippen molar-refractivity contribution in [2.75, 3.05) is 4.90 Å². The van der Waals surface area contributed by atoms with Gasteiger partial charge in [-0.2, -0.15) is 0 Å². The summed E-state index contributed by atoms with van der Waals surface area (Å²) < 4.78 is 2.14. The molecule has 2 aromatic heterocycles. The zero-order chi connectivity index (χ0) is 22.4. The molecular weight excluding hydrogens is 442 g/mol. The fourth-order valence-electron chi connectivity index (χ4n) is 3.95. The number of aromatic nitrogens is 2. The van der Waals surface area contributed by atoms with Crippen LogP contribution in [0.4, 0.5) is 10.5 Å². The molecule has 1 fully saturated rings. The van der Waals surface area contributed by atoms with Gasteiger partial charge in [0, 0.05) is 33.7 Å². The second-order valence-electron chi connectivity index (χ2n) is 7.54. The van der Waals surface area contributed by atoms with Gasteiger partial charge in [0.15, 0.2) is 0 Å². The van der Waals surface area contributed by atoms with Crippen molar-refractivity contribution in [1.29, 1.82) is 0 Å². The summed E-state index contributed by atoms with van der Waals surface area (Å²) in [6.07, 6.45) is 3.58. The number of fused-ring (bicyclic) bond motifs is 1. The van der Waals surface area contributed by atoms with Gasteiger partial charge in [0.1, 0.15) is 0 Å². The minimum Gasteiger partial charge on any atom is -0.318 e. The number of imide groups is 1. The van der Waals surface area contributed by atoms with E-state index in [1.807, 2.05) is 44.2 Å². The molecule has 0 N–H and O–H groups in total. The number of benzene rings is 2. The maximum absolute atomic E-state index is 13.0. The van der Waals surface area contributed by atoms with Crippen LogP contribution < -0.4 is 4.90 Å². The average Bonchev–Trinajstić information content (AvgIpc) is 3.22. The Morgan fingerprint density at radius 3 is 2.50 bits per heavy atom. The standard InChI is InChI=1S/C25H18ClN3O2S/c1-15-12-18(16(2)28(15)21-9-10-22-17(13-21)4-3-11-27-22)14-23-24(30)29(25(31)32-23)20-7-5-19(26)6-8-20/h3-14H,1-2H3/b23-14+. The van der Waals surface area contributed by atoms with Crippen molar-refractivity contribution in [3.63, 3.8) is 0 Å². The highest BCUT2D eigenvalue weighted by Crippen LogP contribution is 2.37. The van der Waals surface area contributed by atoms with Crippen LogP contribution in [-0.2, 0) is 4.79 Å². The molecule has 5 nitrogen and oxygen atoms in total. The quantitative estimate of drug-likeness (QED) is 0.326. The van der Waals surface area contributed by atoms with Crippen LogP contribution in [0.1, 0.15) is 17.0 Å². The Balaban J connectivity index is 1.51. The van der Waals surface area contributed by atoms with Crippen LogP contribution >= 0.6 is 23.4 Å². The Labute approximate surface area is 194 Å². The van der Waals surface area contributed by atoms with Crippen LogP contribution in [0, 0.1) is 13.8 Å². The lowest BCUT2D eigenvalue weighted by Crippen LogP contribution is -2.27. The number of aryl methyl sites for hydroxylation is 1. The van der Waals surface area contributed by atoms with Crippen LogP contribution in [0.2, 0.25) is 5.02 Å². The van der Waals surface area contributed by atoms with Crippen LogP contribution in [0.5, 0.6) is 0 Å². The first-order valence-electron chi connectivity index (χ1n) is 10.00. The van der Waals surface area contributed by atoms with Gasteiger partial charge in [-0.25, -0.2) is 4.90 Å². The molecule has 1 saturated heterocycles. The highest BCUT2D eigenvalue weighted by molar-refractivity contribution is 8.19. The van der Waals surface area contributed by atoms with E-state index >= 15 is 0 Å². The van der Waals surface area contributed by atoms with Gasteiger partial charge in [0.2, 0.25) is 0 Å². The molecule has 0 spiro atoms. The molecule has 32 heavy (non-hydrogen) atoms. The van der Waals surface area contributed by atoms with Crippen LogP contribution in [-0.4, -0.2) is 20.7 Å². The van der Waals surface area contributed by atoms with Gasteiger partial charge in [0.25, 0.3) is 11.1 Å². The molecular formula is C25H18ClN3O2S. The first-order valence-corrected chi connectivity index (χ1v) is 11.2. The summed E-state index contributed by atoms with van der Waals surface area (Å²) in [5.74, 6) is -0.330. The van der Waals surface area contributed by atoms with Crippen molar-refractivity contribution >= 4 is 57.2 Å². The molecule has 0 radical (unpaired) electrons. The van der Waals surface area contributed by atoms with E-state index in [1.54, 1.807) is 36.5 Å². The van der Waals surface area contributed by atoms with Gasteiger partial charge >= 0.3 is 0 Å². The Hall–Kier alpha value is -3.35. The largest absolute Gasteiger partial charge is 0.318 e. The first kappa shape index (κ1) is 20.5. The SMILES string of the molecule is Cc1cc(/C=C2/SC(=O)N(c3ccc(Cl)cc3)C2=O)c(C)n1-c1ccc2ncccc2c1. The number of amides is 2. The third kappa shape index (κ3) is 3.51. The number of halogens is 1. The number of rotatable bonds is 3. The van der Waals surface area contributed by atoms with Gasteiger partial charge in [-0.1, -0.05) is 17.7 Å². The number of carbonyl (C=O) groups excluding carboxylic acids is 2. The first-order chi connectivity index (χ1) is 15.4. The van der Waals surface area contributed by atoms with E-state index in [2.05, 4.69) is 15.6 Å². The zero-order valence-electron chi connectivity index (χ0n) is 17.4. The molecule has 2 amide bonds. The van der Waals surface area contributed by atoms with Gasteiger partial charge < -0.3 is 4.57 Å². The summed E-state index contributed by atoms with van der Waals surface area (Å²) in [6.45, 7) is 4.03. The fraction of sp³-hybridized carbons (Fsp3) is 0.0800. The highest BCUT2D eigenvalue weighted by Gasteiger charge is 2.36. The normalized spacial score (nSPS) is 15.3. The Bertz CT molecular complexity index is 1420. The van der Waals surface area contributed by atoms with E-state index in [9.17, 15) is 9.59 Å². The van der Waals surface area contributed by atoms with Gasteiger partial charge in [-0.15, -0.1) is 0 Å². The van der Waals surface area contributed by atoms with Crippen LogP contribution in [0.15, 0.2) is 71.8 Å². The third-order valence-electron chi connectivity index (χ3n) is 5.48. The molecule has 0 unspecified atom stereocenters. The second-order valence-corrected chi connectivity index (χ2v) is 8.97. The number of thioether (sulfide) groups is 1. The number of anilines is 1. The third-order valence-corrected chi connectivity index (χ3v) is 6.60. The molecule has 5 rings (SSSR count). The minimum atomic E-state index is -0.330. The number of hydrogen-bond acceptors (Lipinski definition) is 4. The second kappa shape index (κ2) is 7.97. The summed E-state index contributed by atoms with van der Waals surface area (Å²) >= 11 is 6.88. The van der Waals surface area contributed by atoms with Gasteiger partial charge in [-0.3, -0.25) is 14.6 Å². The Morgan fingerprint density at radius 2 is 1.72 bits per heavy atom. The molecule has 7 heteroatoms. The minimum absolute atomic E-state index is 0.320. The van der Waals surface area contributed by atoms with Crippen molar-refractivity contribution in [2.24, 2.45) is 0 Å². The van der Waals surface area contributed by atoms with E-state index in [-0.39, 0.29) is 11.1 Å². The summed E-state index contributed by atoms with van der Waals surface area (Å²) in [7, 11) is 0. The summed E-state index contributed by atoms with van der Waals surface area (Å²) in [4.78, 5) is 31.5. The highest BCUT2D eigenvalue weighted by atomic mass is 35.5. The molecule has 158 valence electrons. The Kier molecular flexibility index (Phi) is 5.12. The number of nitrogens with zero attached hydrogens (tertiary/aromatic N) is 3. The molecule has 1 aliphatic heterocycles. The van der Waals surface area contributed by atoms with Gasteiger partial charge in [-0.05, 0) is 91.8 Å². The number of carbonyl (C=O) groups is 2. The van der Waals surface area contributed by atoms with E-state index in [0.29, 0.717) is 15.6 Å². The lowest BCUT2D eigenvalue weighted by Gasteiger charge is -2.12. The number of hydrogen-bond donors (Lipinski definition) is 0. The topological polar surface area (TPSA) is 55.2 Å². The van der Waals surface area contributed by atoms with Crippen molar-refractivity contribution in [2.45, 2.75) is 13.8 Å². The van der Waals surface area contributed by atoms with Crippen molar-refractivity contribution in [3.8, 4) is 5.69 Å². The van der Waals surface area contributed by atoms with E-state index in [1.165, 1.54) is 4.90 Å². The summed E-state index contributed by atoms with van der Waals surface area (Å²) in [5.41, 5.74) is 5.40. The van der Waals surface area contributed by atoms with Crippen molar-refractivity contribution in [1.82, 2.24) is 9.55 Å².